The van der Waals surface area contributed by atoms with Crippen molar-refractivity contribution >= 4 is 41.4 Å². The zero-order chi connectivity index (χ0) is 29.2. The van der Waals surface area contributed by atoms with E-state index in [2.05, 4.69) is 0 Å². The molecule has 8 nitrogen and oxygen atoms in total. The Bertz CT molecular complexity index is 1350. The molecule has 4 rings (SSSR count). The molecular formula is C32H34ClNO7. The molecule has 0 fully saturated rings. The quantitative estimate of drug-likeness (QED) is 0.163. The van der Waals surface area contributed by atoms with Gasteiger partial charge in [0.15, 0.2) is 5.75 Å². The van der Waals surface area contributed by atoms with Crippen LogP contribution in [0.5, 0.6) is 17.2 Å². The van der Waals surface area contributed by atoms with E-state index < -0.39 is 18.0 Å². The van der Waals surface area contributed by atoms with Crippen LogP contribution in [-0.4, -0.2) is 54.6 Å². The molecule has 3 aromatic carbocycles. The van der Waals surface area contributed by atoms with Crippen molar-refractivity contribution in [1.82, 2.24) is 0 Å². The molecule has 41 heavy (non-hydrogen) atoms. The first-order valence-corrected chi connectivity index (χ1v) is 14.0. The zero-order valence-corrected chi connectivity index (χ0v) is 23.7. The van der Waals surface area contributed by atoms with Gasteiger partial charge in [-0.05, 0) is 61.6 Å². The minimum atomic E-state index is -1.06. The van der Waals surface area contributed by atoms with E-state index in [1.54, 1.807) is 0 Å². The topological polar surface area (TPSA) is 106 Å². The Balaban J connectivity index is 1.31. The Morgan fingerprint density at radius 3 is 2.41 bits per heavy atom. The Morgan fingerprint density at radius 2 is 1.71 bits per heavy atom. The molecule has 0 amide bonds. The van der Waals surface area contributed by atoms with Crippen LogP contribution in [0.3, 0.4) is 0 Å². The summed E-state index contributed by atoms with van der Waals surface area (Å²) in [5.74, 6) is 0.0428. The molecule has 2 N–H and O–H groups in total. The number of aryl methyl sites for hydroxylation is 1. The average Bonchev–Trinajstić information content (AvgIpc) is 2.95. The highest BCUT2D eigenvalue weighted by Gasteiger charge is 2.31. The molecule has 1 unspecified atom stereocenters. The number of carboxylic acid groups (broad SMARTS) is 2. The fraction of sp³-hybridized carbons (Fsp3) is 0.312. The largest absolute Gasteiger partial charge is 0.494 e. The van der Waals surface area contributed by atoms with Gasteiger partial charge < -0.3 is 29.3 Å². The lowest BCUT2D eigenvalue weighted by Gasteiger charge is -2.35. The summed E-state index contributed by atoms with van der Waals surface area (Å²) in [6, 6.07) is 19.0. The van der Waals surface area contributed by atoms with Crippen LogP contribution in [-0.2, 0) is 9.59 Å². The zero-order valence-electron chi connectivity index (χ0n) is 22.9. The van der Waals surface area contributed by atoms with Crippen molar-refractivity contribution in [2.45, 2.75) is 38.7 Å². The van der Waals surface area contributed by atoms with E-state index in [1.165, 1.54) is 0 Å². The predicted molar refractivity (Wildman–Crippen MR) is 159 cm³/mol. The van der Waals surface area contributed by atoms with E-state index in [0.29, 0.717) is 37.0 Å². The lowest BCUT2D eigenvalue weighted by atomic mass is 10.1. The van der Waals surface area contributed by atoms with Crippen LogP contribution >= 0.6 is 11.6 Å². The molecule has 1 heterocycles. The van der Waals surface area contributed by atoms with Crippen molar-refractivity contribution in [3.05, 3.63) is 82.4 Å². The van der Waals surface area contributed by atoms with Crippen molar-refractivity contribution in [3.63, 3.8) is 0 Å². The third-order valence-electron chi connectivity index (χ3n) is 6.66. The number of aliphatic carboxylic acids is 2. The van der Waals surface area contributed by atoms with Gasteiger partial charge in [0.1, 0.15) is 11.5 Å². The minimum absolute atomic E-state index is 0.0153. The molecule has 1 aliphatic heterocycles. The van der Waals surface area contributed by atoms with E-state index in [1.807, 2.05) is 84.6 Å². The summed E-state index contributed by atoms with van der Waals surface area (Å²) < 4.78 is 17.5. The highest BCUT2D eigenvalue weighted by molar-refractivity contribution is 6.32. The highest BCUT2D eigenvalue weighted by Crippen LogP contribution is 2.38. The summed E-state index contributed by atoms with van der Waals surface area (Å²) in [5, 5.41) is 19.2. The number of benzene rings is 3. The predicted octanol–water partition coefficient (Wildman–Crippen LogP) is 6.57. The molecule has 0 spiro atoms. The Kier molecular flexibility index (Phi) is 10.5. The van der Waals surface area contributed by atoms with Gasteiger partial charge in [0.05, 0.1) is 30.5 Å². The smallest absolute Gasteiger partial charge is 0.346 e. The van der Waals surface area contributed by atoms with Gasteiger partial charge in [-0.2, -0.15) is 0 Å². The Hall–Kier alpha value is -4.17. The van der Waals surface area contributed by atoms with Crippen molar-refractivity contribution < 1.29 is 34.0 Å². The number of anilines is 1. The summed E-state index contributed by atoms with van der Waals surface area (Å²) >= 11 is 6.20. The van der Waals surface area contributed by atoms with E-state index in [9.17, 15) is 14.7 Å². The lowest BCUT2D eigenvalue weighted by molar-refractivity contribution is -0.145. The third-order valence-corrected chi connectivity index (χ3v) is 6.96. The second kappa shape index (κ2) is 14.5. The highest BCUT2D eigenvalue weighted by atomic mass is 35.5. The first kappa shape index (κ1) is 29.8. The number of ether oxygens (including phenoxy) is 3. The van der Waals surface area contributed by atoms with Crippen LogP contribution in [0.2, 0.25) is 5.02 Å². The van der Waals surface area contributed by atoms with Gasteiger partial charge in [0, 0.05) is 18.5 Å². The number of hydrogen-bond donors (Lipinski definition) is 2. The summed E-state index contributed by atoms with van der Waals surface area (Å²) in [5.41, 5.74) is 3.46. The fourth-order valence-electron chi connectivity index (χ4n) is 4.52. The number of carbonyl (C=O) groups is 2. The number of fused-ring (bicyclic) bond motifs is 1. The van der Waals surface area contributed by atoms with Crippen LogP contribution < -0.4 is 19.1 Å². The molecule has 3 aromatic rings. The van der Waals surface area contributed by atoms with Crippen LogP contribution in [0.15, 0.2) is 60.7 Å². The van der Waals surface area contributed by atoms with Crippen LogP contribution in [0.25, 0.3) is 12.2 Å². The van der Waals surface area contributed by atoms with Gasteiger partial charge >= 0.3 is 11.9 Å². The van der Waals surface area contributed by atoms with Gasteiger partial charge in [-0.25, -0.2) is 4.79 Å². The molecule has 0 aliphatic carbocycles. The van der Waals surface area contributed by atoms with Crippen molar-refractivity contribution in [1.29, 1.82) is 0 Å². The Labute approximate surface area is 244 Å². The first-order chi connectivity index (χ1) is 19.8. The first-order valence-electron chi connectivity index (χ1n) is 13.6. The van der Waals surface area contributed by atoms with Crippen LogP contribution in [0, 0.1) is 6.92 Å². The van der Waals surface area contributed by atoms with Crippen LogP contribution in [0.1, 0.15) is 42.4 Å². The van der Waals surface area contributed by atoms with Gasteiger partial charge in [-0.1, -0.05) is 60.2 Å². The molecule has 0 saturated heterocycles. The van der Waals surface area contributed by atoms with Gasteiger partial charge in [0.25, 0.3) is 0 Å². The molecule has 1 aliphatic rings. The molecule has 0 saturated carbocycles. The normalized spacial score (nSPS) is 14.4. The molecular weight excluding hydrogens is 546 g/mol. The average molecular weight is 580 g/mol. The Morgan fingerprint density at radius 1 is 0.976 bits per heavy atom. The summed E-state index contributed by atoms with van der Waals surface area (Å²) in [4.78, 5) is 24.6. The monoisotopic (exact) mass is 579 g/mol. The maximum Gasteiger partial charge on any atom is 0.346 e. The number of carboxylic acids is 2. The standard InChI is InChI=1S/C32H34ClNO7/c1-22-7-4-9-26(33)30(22)40-20-3-2-19-39-25-16-13-23(14-17-25)12-15-24-8-5-10-27-31(24)41-28(32(37)38)21-34(27)18-6-11-29(35)36/h4-5,7-10,12-17,28H,2-3,6,11,18-21H2,1H3,(H,35,36)(H,37,38)/b15-12+. The van der Waals surface area contributed by atoms with Gasteiger partial charge in [0.2, 0.25) is 6.10 Å². The van der Waals surface area contributed by atoms with E-state index in [-0.39, 0.29) is 13.0 Å². The third kappa shape index (κ3) is 8.41. The number of hydrogen-bond acceptors (Lipinski definition) is 6. The second-order valence-corrected chi connectivity index (χ2v) is 10.2. The number of rotatable bonds is 14. The van der Waals surface area contributed by atoms with E-state index in [0.717, 1.165) is 46.7 Å². The molecule has 0 radical (unpaired) electrons. The molecule has 9 heteroatoms. The SMILES string of the molecule is Cc1cccc(Cl)c1OCCCCOc1ccc(/C=C/c2cccc3c2OC(C(=O)O)CN3CCCC(=O)O)cc1. The molecule has 0 aromatic heterocycles. The maximum atomic E-state index is 11.7. The van der Waals surface area contributed by atoms with Gasteiger partial charge in [-0.3, -0.25) is 4.79 Å². The number of unbranched alkanes of at least 4 members (excludes halogenated alkanes) is 1. The lowest BCUT2D eigenvalue weighted by Crippen LogP contribution is -2.45. The number of para-hydroxylation sites is 2. The van der Waals surface area contributed by atoms with Crippen molar-refractivity contribution in [2.24, 2.45) is 0 Å². The van der Waals surface area contributed by atoms with E-state index in [4.69, 9.17) is 30.9 Å². The fourth-order valence-corrected chi connectivity index (χ4v) is 4.80. The van der Waals surface area contributed by atoms with E-state index >= 15 is 0 Å². The van der Waals surface area contributed by atoms with Gasteiger partial charge in [-0.15, -0.1) is 0 Å². The van der Waals surface area contributed by atoms with Crippen molar-refractivity contribution in [2.75, 3.05) is 31.2 Å². The number of nitrogens with zero attached hydrogens (tertiary/aromatic N) is 1. The second-order valence-electron chi connectivity index (χ2n) is 9.78. The summed E-state index contributed by atoms with van der Waals surface area (Å²) in [6.45, 7) is 3.69. The van der Waals surface area contributed by atoms with Crippen molar-refractivity contribution in [3.8, 4) is 17.2 Å². The summed E-state index contributed by atoms with van der Waals surface area (Å²) in [6.07, 6.45) is 4.88. The molecule has 216 valence electrons. The maximum absolute atomic E-state index is 11.7. The molecule has 0 bridgehead atoms. The minimum Gasteiger partial charge on any atom is -0.494 e. The number of halogens is 1. The summed E-state index contributed by atoms with van der Waals surface area (Å²) in [7, 11) is 0. The molecule has 1 atom stereocenters. The van der Waals surface area contributed by atoms with Crippen LogP contribution in [0.4, 0.5) is 5.69 Å².